The third-order valence-corrected chi connectivity index (χ3v) is 5.31. The zero-order valence-electron chi connectivity index (χ0n) is 17.8. The number of hydrogen-bond donors (Lipinski definition) is 5. The molecule has 0 fully saturated rings. The zero-order valence-corrected chi connectivity index (χ0v) is 17.8. The van der Waals surface area contributed by atoms with E-state index in [-0.39, 0.29) is 34.6 Å². The van der Waals surface area contributed by atoms with E-state index in [0.717, 1.165) is 0 Å². The predicted molar refractivity (Wildman–Crippen MR) is 124 cm³/mol. The van der Waals surface area contributed by atoms with Gasteiger partial charge < -0.3 is 26.6 Å². The fourth-order valence-electron chi connectivity index (χ4n) is 3.75. The standard InChI is InChI=1S/C23H18N8O3/c1-34-22(33)12-5-2-4-11(8-12)13-6-3-7-14(19(13)32)18-16-17(26)15(9-24)20(27)30-21(16)31-23(29-18)28-10-25/h2-8,18,32H,1H3,(H6,26,27,28,29,30,31). The van der Waals surface area contributed by atoms with Crippen molar-refractivity contribution in [2.45, 2.75) is 6.04 Å². The van der Waals surface area contributed by atoms with E-state index < -0.39 is 12.0 Å². The molecule has 2 aromatic carbocycles. The summed E-state index contributed by atoms with van der Waals surface area (Å²) in [7, 11) is 1.28. The summed E-state index contributed by atoms with van der Waals surface area (Å²) in [5.74, 6) is -0.460. The predicted octanol–water partition coefficient (Wildman–Crippen LogP) is 2.22. The lowest BCUT2D eigenvalue weighted by atomic mass is 9.91. The van der Waals surface area contributed by atoms with E-state index in [2.05, 4.69) is 20.6 Å². The molecular weight excluding hydrogens is 436 g/mol. The van der Waals surface area contributed by atoms with E-state index in [1.165, 1.54) is 7.11 Å². The molecule has 1 atom stereocenters. The van der Waals surface area contributed by atoms with Crippen LogP contribution in [0, 0.1) is 22.8 Å². The molecule has 34 heavy (non-hydrogen) atoms. The van der Waals surface area contributed by atoms with Gasteiger partial charge in [-0.05, 0) is 17.7 Å². The molecule has 1 unspecified atom stereocenters. The van der Waals surface area contributed by atoms with Crippen molar-refractivity contribution in [3.63, 3.8) is 0 Å². The van der Waals surface area contributed by atoms with Crippen LogP contribution in [0.1, 0.15) is 33.1 Å². The Bertz CT molecular complexity index is 1440. The maximum Gasteiger partial charge on any atom is 0.337 e. The number of rotatable bonds is 3. The first-order chi connectivity index (χ1) is 16.4. The number of pyridine rings is 1. The summed E-state index contributed by atoms with van der Waals surface area (Å²) in [5, 5.41) is 35.0. The number of guanidine groups is 1. The average molecular weight is 454 g/mol. The van der Waals surface area contributed by atoms with Gasteiger partial charge in [-0.3, -0.25) is 5.32 Å². The third-order valence-electron chi connectivity index (χ3n) is 5.31. The Morgan fingerprint density at radius 2 is 2.00 bits per heavy atom. The second kappa shape index (κ2) is 8.68. The lowest BCUT2D eigenvalue weighted by Crippen LogP contribution is -2.32. The van der Waals surface area contributed by atoms with Crippen molar-refractivity contribution in [2.75, 3.05) is 23.9 Å². The van der Waals surface area contributed by atoms with Crippen LogP contribution in [0.4, 0.5) is 17.3 Å². The molecule has 4 rings (SSSR count). The number of phenolic OH excluding ortho intramolecular Hbond substituents is 1. The number of nitriles is 2. The number of anilines is 3. The molecule has 0 amide bonds. The average Bonchev–Trinajstić information content (AvgIpc) is 2.83. The van der Waals surface area contributed by atoms with Crippen LogP contribution in [-0.2, 0) is 4.74 Å². The highest BCUT2D eigenvalue weighted by atomic mass is 16.5. The molecule has 0 bridgehead atoms. The quantitative estimate of drug-likeness (QED) is 0.222. The Labute approximate surface area is 193 Å². The number of methoxy groups -OCH3 is 1. The molecule has 3 aromatic rings. The summed E-state index contributed by atoms with van der Waals surface area (Å²) in [4.78, 5) is 20.6. The van der Waals surface area contributed by atoms with Gasteiger partial charge in [-0.1, -0.05) is 30.3 Å². The van der Waals surface area contributed by atoms with Crippen molar-refractivity contribution in [2.24, 2.45) is 4.99 Å². The summed E-state index contributed by atoms with van der Waals surface area (Å²) in [5.41, 5.74) is 14.1. The third kappa shape index (κ3) is 3.63. The van der Waals surface area contributed by atoms with Crippen molar-refractivity contribution in [3.8, 4) is 29.1 Å². The number of phenols is 1. The Morgan fingerprint density at radius 1 is 1.24 bits per heavy atom. The number of para-hydroxylation sites is 1. The highest BCUT2D eigenvalue weighted by molar-refractivity contribution is 5.98. The molecule has 0 saturated carbocycles. The van der Waals surface area contributed by atoms with Gasteiger partial charge >= 0.3 is 5.97 Å². The van der Waals surface area contributed by atoms with Crippen LogP contribution in [0.3, 0.4) is 0 Å². The summed E-state index contributed by atoms with van der Waals surface area (Å²) in [6.07, 6.45) is 1.77. The van der Waals surface area contributed by atoms with E-state index in [4.69, 9.17) is 21.5 Å². The smallest absolute Gasteiger partial charge is 0.337 e. The van der Waals surface area contributed by atoms with Crippen molar-refractivity contribution < 1.29 is 14.6 Å². The SMILES string of the molecule is COC(=O)c1cccc(-c2cccc(C3N=C(NC#N)Nc4nc(N)c(C#N)c(N)c43)c2O)c1. The van der Waals surface area contributed by atoms with Crippen molar-refractivity contribution >= 4 is 29.3 Å². The van der Waals surface area contributed by atoms with Crippen molar-refractivity contribution in [1.82, 2.24) is 10.3 Å². The minimum atomic E-state index is -0.920. The highest BCUT2D eigenvalue weighted by Crippen LogP contribution is 2.45. The fraction of sp³-hybridized carbons (Fsp3) is 0.0870. The van der Waals surface area contributed by atoms with Gasteiger partial charge in [-0.25, -0.2) is 14.8 Å². The second-order valence-electron chi connectivity index (χ2n) is 7.22. The number of hydrogen-bond acceptors (Lipinski definition) is 11. The van der Waals surface area contributed by atoms with E-state index in [9.17, 15) is 15.2 Å². The molecular formula is C23H18N8O3. The second-order valence-corrected chi connectivity index (χ2v) is 7.22. The van der Waals surface area contributed by atoms with E-state index in [0.29, 0.717) is 27.8 Å². The number of ether oxygens (including phenoxy) is 1. The fourth-order valence-corrected chi connectivity index (χ4v) is 3.75. The molecule has 1 aliphatic rings. The molecule has 1 aliphatic heterocycles. The van der Waals surface area contributed by atoms with Crippen LogP contribution >= 0.6 is 0 Å². The lowest BCUT2D eigenvalue weighted by Gasteiger charge is -2.27. The van der Waals surface area contributed by atoms with Crippen LogP contribution in [-0.4, -0.2) is 29.1 Å². The van der Waals surface area contributed by atoms with Gasteiger partial charge in [-0.15, -0.1) is 0 Å². The number of aromatic hydroxyl groups is 1. The van der Waals surface area contributed by atoms with Crippen LogP contribution in [0.5, 0.6) is 5.75 Å². The topological polar surface area (TPSA) is 195 Å². The highest BCUT2D eigenvalue weighted by Gasteiger charge is 2.31. The number of carbonyl (C=O) groups excluding carboxylic acids is 1. The summed E-state index contributed by atoms with van der Waals surface area (Å²) >= 11 is 0. The number of fused-ring (bicyclic) bond motifs is 1. The van der Waals surface area contributed by atoms with Gasteiger partial charge in [0.15, 0.2) is 6.19 Å². The number of benzene rings is 2. The first-order valence-electron chi connectivity index (χ1n) is 9.89. The molecule has 168 valence electrons. The molecule has 0 aliphatic carbocycles. The van der Waals surface area contributed by atoms with Gasteiger partial charge in [0.05, 0.1) is 18.4 Å². The molecule has 2 heterocycles. The van der Waals surface area contributed by atoms with Crippen molar-refractivity contribution in [1.29, 1.82) is 10.5 Å². The van der Waals surface area contributed by atoms with Gasteiger partial charge in [0, 0.05) is 16.7 Å². The molecule has 0 radical (unpaired) electrons. The number of aromatic nitrogens is 1. The zero-order chi connectivity index (χ0) is 24.4. The number of aliphatic imine (C=N–C) groups is 1. The van der Waals surface area contributed by atoms with Gasteiger partial charge in [-0.2, -0.15) is 10.5 Å². The Hall–Kier alpha value is -5.29. The van der Waals surface area contributed by atoms with Crippen LogP contribution in [0.15, 0.2) is 47.5 Å². The van der Waals surface area contributed by atoms with Crippen LogP contribution in [0.2, 0.25) is 0 Å². The van der Waals surface area contributed by atoms with Gasteiger partial charge in [0.25, 0.3) is 0 Å². The Morgan fingerprint density at radius 3 is 2.71 bits per heavy atom. The van der Waals surface area contributed by atoms with Gasteiger partial charge in [0.2, 0.25) is 5.96 Å². The van der Waals surface area contributed by atoms with E-state index in [1.54, 1.807) is 48.7 Å². The number of carbonyl (C=O) groups is 1. The summed E-state index contributed by atoms with van der Waals surface area (Å²) < 4.78 is 4.78. The molecule has 7 N–H and O–H groups in total. The molecule has 0 saturated heterocycles. The van der Waals surface area contributed by atoms with Crippen LogP contribution < -0.4 is 22.1 Å². The minimum Gasteiger partial charge on any atom is -0.507 e. The number of nitrogens with zero attached hydrogens (tertiary/aromatic N) is 4. The largest absolute Gasteiger partial charge is 0.507 e. The molecule has 1 aromatic heterocycles. The van der Waals surface area contributed by atoms with E-state index in [1.807, 2.05) is 6.07 Å². The monoisotopic (exact) mass is 454 g/mol. The normalized spacial score (nSPS) is 14.0. The number of nitrogen functional groups attached to an aromatic ring is 2. The van der Waals surface area contributed by atoms with Gasteiger partial charge in [0.1, 0.15) is 35.1 Å². The molecule has 11 nitrogen and oxygen atoms in total. The Balaban J connectivity index is 1.92. The summed E-state index contributed by atoms with van der Waals surface area (Å²) in [6.45, 7) is 0. The first-order valence-corrected chi connectivity index (χ1v) is 9.89. The maximum absolute atomic E-state index is 12.0. The lowest BCUT2D eigenvalue weighted by molar-refractivity contribution is 0.0600. The Kier molecular flexibility index (Phi) is 5.60. The molecule has 0 spiro atoms. The number of nitrogens with two attached hydrogens (primary N) is 2. The first kappa shape index (κ1) is 21.9. The minimum absolute atomic E-state index is 0.0149. The van der Waals surface area contributed by atoms with E-state index >= 15 is 0 Å². The van der Waals surface area contributed by atoms with Crippen molar-refractivity contribution in [3.05, 3.63) is 64.7 Å². The molecule has 11 heteroatoms. The summed E-state index contributed by atoms with van der Waals surface area (Å²) in [6, 6.07) is 12.6. The number of esters is 1. The van der Waals surface area contributed by atoms with Crippen LogP contribution in [0.25, 0.3) is 11.1 Å². The maximum atomic E-state index is 12.0. The number of nitrogens with one attached hydrogen (secondary N) is 2.